The Labute approximate surface area is 143 Å². The maximum Gasteiger partial charge on any atom is 0.234 e. The molecule has 0 aromatic heterocycles. The van der Waals surface area contributed by atoms with Crippen molar-refractivity contribution in [3.63, 3.8) is 0 Å². The van der Waals surface area contributed by atoms with Crippen LogP contribution in [0.1, 0.15) is 25.3 Å². The van der Waals surface area contributed by atoms with E-state index in [1.165, 1.54) is 15.4 Å². The number of rotatable bonds is 5. The smallest absolute Gasteiger partial charge is 0.234 e. The molecule has 110 valence electrons. The normalized spacial score (nSPS) is 10.7. The Hall–Kier alpha value is -1.01. The summed E-state index contributed by atoms with van der Waals surface area (Å²) in [4.78, 5) is 13.7. The molecular formula is C17H18INOS. The lowest BCUT2D eigenvalue weighted by Gasteiger charge is -2.07. The Balaban J connectivity index is 2.01. The Kier molecular flexibility index (Phi) is 6.11. The number of carbonyl (C=O) groups is 1. The van der Waals surface area contributed by atoms with Gasteiger partial charge in [-0.25, -0.2) is 0 Å². The highest BCUT2D eigenvalue weighted by atomic mass is 127. The van der Waals surface area contributed by atoms with Gasteiger partial charge in [-0.3, -0.25) is 4.79 Å². The van der Waals surface area contributed by atoms with E-state index in [1.54, 1.807) is 11.8 Å². The third kappa shape index (κ3) is 5.04. The molecule has 4 heteroatoms. The van der Waals surface area contributed by atoms with Gasteiger partial charge in [0.2, 0.25) is 5.91 Å². The van der Waals surface area contributed by atoms with Crippen molar-refractivity contribution in [3.05, 3.63) is 54.1 Å². The van der Waals surface area contributed by atoms with E-state index in [1.807, 2.05) is 24.3 Å². The van der Waals surface area contributed by atoms with Gasteiger partial charge in [0.25, 0.3) is 0 Å². The molecule has 2 nitrogen and oxygen atoms in total. The number of hydrogen-bond donors (Lipinski definition) is 1. The van der Waals surface area contributed by atoms with Crippen LogP contribution in [0.15, 0.2) is 58.3 Å². The van der Waals surface area contributed by atoms with Gasteiger partial charge in [-0.05, 0) is 47.9 Å². The second-order valence-corrected chi connectivity index (χ2v) is 6.94. The summed E-state index contributed by atoms with van der Waals surface area (Å²) in [5.41, 5.74) is 2.20. The van der Waals surface area contributed by atoms with Crippen LogP contribution >= 0.6 is 34.4 Å². The Morgan fingerprint density at radius 1 is 1.05 bits per heavy atom. The van der Waals surface area contributed by atoms with E-state index in [0.29, 0.717) is 10.3 Å². The van der Waals surface area contributed by atoms with E-state index in [0.717, 1.165) is 5.69 Å². The zero-order valence-electron chi connectivity index (χ0n) is 12.1. The van der Waals surface area contributed by atoms with E-state index in [-0.39, 0.29) is 5.91 Å². The molecule has 0 saturated heterocycles. The first-order valence-electron chi connectivity index (χ1n) is 6.82. The minimum absolute atomic E-state index is 0.0280. The molecule has 0 spiro atoms. The molecule has 2 rings (SSSR count). The standard InChI is InChI=1S/C17H18INOS/c1-12(2)13-3-7-15(8-4-13)21-16-9-5-14(6-10-16)19-17(20)11-18/h3-10,12H,11H2,1-2H3,(H,19,20). The second-order valence-electron chi connectivity index (χ2n) is 5.03. The van der Waals surface area contributed by atoms with Crippen LogP contribution in [0.4, 0.5) is 5.69 Å². The van der Waals surface area contributed by atoms with Gasteiger partial charge in [0.1, 0.15) is 0 Å². The predicted octanol–water partition coefficient (Wildman–Crippen LogP) is 5.33. The van der Waals surface area contributed by atoms with E-state index < -0.39 is 0 Å². The molecule has 1 N–H and O–H groups in total. The minimum Gasteiger partial charge on any atom is -0.325 e. The van der Waals surface area contributed by atoms with Crippen LogP contribution in [0, 0.1) is 0 Å². The minimum atomic E-state index is 0.0280. The first-order valence-corrected chi connectivity index (χ1v) is 9.16. The highest BCUT2D eigenvalue weighted by Crippen LogP contribution is 2.29. The molecule has 0 fully saturated rings. The molecule has 0 aliphatic carbocycles. The maximum absolute atomic E-state index is 11.3. The quantitative estimate of drug-likeness (QED) is 0.532. The summed E-state index contributed by atoms with van der Waals surface area (Å²) in [5.74, 6) is 0.588. The molecule has 0 unspecified atom stereocenters. The fourth-order valence-corrected chi connectivity index (χ4v) is 2.86. The number of carbonyl (C=O) groups excluding carboxylic acids is 1. The molecule has 0 atom stereocenters. The lowest BCUT2D eigenvalue weighted by molar-refractivity contribution is -0.113. The summed E-state index contributed by atoms with van der Waals surface area (Å²) in [7, 11) is 0. The van der Waals surface area contributed by atoms with Crippen molar-refractivity contribution in [2.45, 2.75) is 29.6 Å². The van der Waals surface area contributed by atoms with Gasteiger partial charge in [-0.2, -0.15) is 0 Å². The maximum atomic E-state index is 11.3. The van der Waals surface area contributed by atoms with Gasteiger partial charge in [-0.1, -0.05) is 60.3 Å². The highest BCUT2D eigenvalue weighted by Gasteiger charge is 2.02. The van der Waals surface area contributed by atoms with Crippen molar-refractivity contribution >= 4 is 45.9 Å². The number of hydrogen-bond acceptors (Lipinski definition) is 2. The van der Waals surface area contributed by atoms with Crippen LogP contribution in [0.25, 0.3) is 0 Å². The van der Waals surface area contributed by atoms with Crippen LogP contribution in [-0.4, -0.2) is 10.3 Å². The first kappa shape index (κ1) is 16.4. The molecule has 0 aliphatic heterocycles. The van der Waals surface area contributed by atoms with Crippen molar-refractivity contribution < 1.29 is 4.79 Å². The third-order valence-corrected chi connectivity index (χ3v) is 4.75. The van der Waals surface area contributed by atoms with Gasteiger partial charge in [0.05, 0.1) is 4.43 Å². The van der Waals surface area contributed by atoms with Crippen molar-refractivity contribution in [1.82, 2.24) is 0 Å². The summed E-state index contributed by atoms with van der Waals surface area (Å²) >= 11 is 3.78. The van der Waals surface area contributed by atoms with E-state index >= 15 is 0 Å². The van der Waals surface area contributed by atoms with E-state index in [9.17, 15) is 4.79 Å². The molecule has 21 heavy (non-hydrogen) atoms. The Morgan fingerprint density at radius 2 is 1.57 bits per heavy atom. The predicted molar refractivity (Wildman–Crippen MR) is 98.6 cm³/mol. The molecule has 0 heterocycles. The van der Waals surface area contributed by atoms with E-state index in [4.69, 9.17) is 0 Å². The largest absolute Gasteiger partial charge is 0.325 e. The number of alkyl halides is 1. The molecule has 0 radical (unpaired) electrons. The van der Waals surface area contributed by atoms with Crippen LogP contribution < -0.4 is 5.32 Å². The van der Waals surface area contributed by atoms with E-state index in [2.05, 4.69) is 66.0 Å². The Bertz CT molecular complexity index is 593. The summed E-state index contributed by atoms with van der Waals surface area (Å²) < 4.78 is 0.469. The number of anilines is 1. The van der Waals surface area contributed by atoms with Crippen molar-refractivity contribution in [2.75, 3.05) is 9.74 Å². The van der Waals surface area contributed by atoms with Crippen molar-refractivity contribution in [2.24, 2.45) is 0 Å². The molecule has 1 amide bonds. The van der Waals surface area contributed by atoms with Crippen molar-refractivity contribution in [1.29, 1.82) is 0 Å². The van der Waals surface area contributed by atoms with Gasteiger partial charge >= 0.3 is 0 Å². The number of amides is 1. The highest BCUT2D eigenvalue weighted by molar-refractivity contribution is 14.1. The molecule has 0 bridgehead atoms. The van der Waals surface area contributed by atoms with Crippen LogP contribution in [0.2, 0.25) is 0 Å². The van der Waals surface area contributed by atoms with Crippen LogP contribution in [0.3, 0.4) is 0 Å². The van der Waals surface area contributed by atoms with Gasteiger partial charge in [0.15, 0.2) is 0 Å². The average Bonchev–Trinajstić information content (AvgIpc) is 2.49. The monoisotopic (exact) mass is 411 g/mol. The average molecular weight is 411 g/mol. The summed E-state index contributed by atoms with van der Waals surface area (Å²) in [6, 6.07) is 16.6. The third-order valence-electron chi connectivity index (χ3n) is 3.04. The summed E-state index contributed by atoms with van der Waals surface area (Å²) in [6.07, 6.45) is 0. The molecule has 2 aromatic carbocycles. The molecular weight excluding hydrogens is 393 g/mol. The van der Waals surface area contributed by atoms with Gasteiger partial charge < -0.3 is 5.32 Å². The van der Waals surface area contributed by atoms with Crippen LogP contribution in [-0.2, 0) is 4.79 Å². The first-order chi connectivity index (χ1) is 10.1. The number of halogens is 1. The van der Waals surface area contributed by atoms with Gasteiger partial charge in [0, 0.05) is 15.5 Å². The summed E-state index contributed by atoms with van der Waals surface area (Å²) in [6.45, 7) is 4.40. The molecule has 2 aromatic rings. The lowest BCUT2D eigenvalue weighted by atomic mass is 10.0. The van der Waals surface area contributed by atoms with Crippen LogP contribution in [0.5, 0.6) is 0 Å². The number of benzene rings is 2. The van der Waals surface area contributed by atoms with Crippen molar-refractivity contribution in [3.8, 4) is 0 Å². The Morgan fingerprint density at radius 3 is 2.05 bits per heavy atom. The molecule has 0 aliphatic rings. The SMILES string of the molecule is CC(C)c1ccc(Sc2ccc(NC(=O)CI)cc2)cc1. The number of nitrogens with one attached hydrogen (secondary N) is 1. The topological polar surface area (TPSA) is 29.1 Å². The fourth-order valence-electron chi connectivity index (χ4n) is 1.86. The zero-order chi connectivity index (χ0) is 15.2. The lowest BCUT2D eigenvalue weighted by Crippen LogP contribution is -2.11. The fraction of sp³-hybridized carbons (Fsp3) is 0.235. The summed E-state index contributed by atoms with van der Waals surface area (Å²) in [5, 5.41) is 2.85. The second kappa shape index (κ2) is 7.84. The molecule has 0 saturated carbocycles. The van der Waals surface area contributed by atoms with Gasteiger partial charge in [-0.15, -0.1) is 0 Å². The zero-order valence-corrected chi connectivity index (χ0v) is 15.1.